The zero-order chi connectivity index (χ0) is 12.1. The summed E-state index contributed by atoms with van der Waals surface area (Å²) in [5.74, 6) is 0.297. The fourth-order valence-corrected chi connectivity index (χ4v) is 2.79. The van der Waals surface area contributed by atoms with Crippen molar-refractivity contribution in [2.45, 2.75) is 19.3 Å². The van der Waals surface area contributed by atoms with Crippen LogP contribution in [-0.4, -0.2) is 5.78 Å². The largest absolute Gasteiger partial charge is 0.299 e. The molecular formula is C14H13BrOS. The first-order chi connectivity index (χ1) is 8.25. The Kier molecular flexibility index (Phi) is 4.51. The molecule has 0 spiro atoms. The molecule has 1 aromatic heterocycles. The molecule has 0 amide bonds. The third-order valence-corrected chi connectivity index (χ3v) is 4.29. The summed E-state index contributed by atoms with van der Waals surface area (Å²) >= 11 is 5.18. The van der Waals surface area contributed by atoms with Crippen molar-refractivity contribution in [1.29, 1.82) is 0 Å². The number of hydrogen-bond donors (Lipinski definition) is 0. The Hall–Kier alpha value is -0.930. The van der Waals surface area contributed by atoms with Crippen molar-refractivity contribution in [3.63, 3.8) is 0 Å². The van der Waals surface area contributed by atoms with E-state index in [9.17, 15) is 4.79 Å². The van der Waals surface area contributed by atoms with Gasteiger partial charge in [-0.1, -0.05) is 40.2 Å². The normalized spacial score (nSPS) is 10.4. The van der Waals surface area contributed by atoms with Crippen LogP contribution in [0, 0.1) is 0 Å². The average molecular weight is 309 g/mol. The van der Waals surface area contributed by atoms with Gasteiger partial charge in [0.05, 0.1) is 0 Å². The Morgan fingerprint density at radius 2 is 2.00 bits per heavy atom. The number of hydrogen-bond acceptors (Lipinski definition) is 2. The maximum Gasteiger partial charge on any atom is 0.137 e. The SMILES string of the molecule is O=C(CCc1cccs1)Cc1ccccc1Br. The van der Waals surface area contributed by atoms with Crippen LogP contribution in [0.2, 0.25) is 0 Å². The minimum atomic E-state index is 0.297. The molecule has 2 aromatic rings. The van der Waals surface area contributed by atoms with E-state index in [4.69, 9.17) is 0 Å². The lowest BCUT2D eigenvalue weighted by molar-refractivity contribution is -0.118. The topological polar surface area (TPSA) is 17.1 Å². The summed E-state index contributed by atoms with van der Waals surface area (Å²) in [6, 6.07) is 12.0. The molecule has 0 radical (unpaired) electrons. The first-order valence-corrected chi connectivity index (χ1v) is 7.20. The van der Waals surface area contributed by atoms with Gasteiger partial charge in [0.1, 0.15) is 5.78 Å². The third kappa shape index (κ3) is 3.79. The predicted octanol–water partition coefficient (Wildman–Crippen LogP) is 4.26. The van der Waals surface area contributed by atoms with Gasteiger partial charge in [0, 0.05) is 22.2 Å². The van der Waals surface area contributed by atoms with Crippen molar-refractivity contribution in [3.05, 3.63) is 56.7 Å². The van der Waals surface area contributed by atoms with Gasteiger partial charge in [-0.05, 0) is 29.5 Å². The molecule has 0 saturated carbocycles. The van der Waals surface area contributed by atoms with Crippen LogP contribution in [-0.2, 0) is 17.6 Å². The highest BCUT2D eigenvalue weighted by atomic mass is 79.9. The number of ketones is 1. The summed E-state index contributed by atoms with van der Waals surface area (Å²) < 4.78 is 1.02. The standard InChI is InChI=1S/C14H13BrOS/c15-14-6-2-1-4-11(14)10-12(16)7-8-13-5-3-9-17-13/h1-6,9H,7-8,10H2. The highest BCUT2D eigenvalue weighted by Gasteiger charge is 2.07. The van der Waals surface area contributed by atoms with Crippen LogP contribution in [0.1, 0.15) is 16.9 Å². The number of benzene rings is 1. The first kappa shape index (κ1) is 12.5. The van der Waals surface area contributed by atoms with E-state index in [0.717, 1.165) is 16.5 Å². The number of aryl methyl sites for hydroxylation is 1. The van der Waals surface area contributed by atoms with E-state index in [0.29, 0.717) is 18.6 Å². The van der Waals surface area contributed by atoms with Gasteiger partial charge in [-0.25, -0.2) is 0 Å². The van der Waals surface area contributed by atoms with Crippen LogP contribution in [0.5, 0.6) is 0 Å². The fourth-order valence-electron chi connectivity index (χ4n) is 1.66. The monoisotopic (exact) mass is 308 g/mol. The van der Waals surface area contributed by atoms with E-state index in [-0.39, 0.29) is 0 Å². The number of Topliss-reactive ketones (excluding diaryl/α,β-unsaturated/α-hetero) is 1. The Bertz CT molecular complexity index is 491. The highest BCUT2D eigenvalue weighted by molar-refractivity contribution is 9.10. The predicted molar refractivity (Wildman–Crippen MR) is 75.5 cm³/mol. The van der Waals surface area contributed by atoms with Gasteiger partial charge < -0.3 is 0 Å². The molecule has 0 aliphatic heterocycles. The molecule has 1 nitrogen and oxygen atoms in total. The Labute approximate surface area is 114 Å². The third-order valence-electron chi connectivity index (χ3n) is 2.58. The molecule has 3 heteroatoms. The lowest BCUT2D eigenvalue weighted by Gasteiger charge is -2.03. The Morgan fingerprint density at radius 3 is 2.71 bits per heavy atom. The maximum absolute atomic E-state index is 11.8. The number of thiophene rings is 1. The summed E-state index contributed by atoms with van der Waals surface area (Å²) in [6.07, 6.45) is 2.01. The van der Waals surface area contributed by atoms with Gasteiger partial charge in [0.25, 0.3) is 0 Å². The summed E-state index contributed by atoms with van der Waals surface area (Å²) in [6.45, 7) is 0. The summed E-state index contributed by atoms with van der Waals surface area (Å²) in [7, 11) is 0. The molecule has 1 heterocycles. The maximum atomic E-state index is 11.8. The van der Waals surface area contributed by atoms with Crippen molar-refractivity contribution < 1.29 is 4.79 Å². The van der Waals surface area contributed by atoms with E-state index >= 15 is 0 Å². The molecule has 0 aliphatic rings. The van der Waals surface area contributed by atoms with Crippen molar-refractivity contribution >= 4 is 33.0 Å². The van der Waals surface area contributed by atoms with Gasteiger partial charge in [0.2, 0.25) is 0 Å². The fraction of sp³-hybridized carbons (Fsp3) is 0.214. The molecule has 0 atom stereocenters. The molecule has 0 N–H and O–H groups in total. The molecule has 0 saturated heterocycles. The average Bonchev–Trinajstić information content (AvgIpc) is 2.82. The number of carbonyl (C=O) groups is 1. The molecule has 0 unspecified atom stereocenters. The minimum absolute atomic E-state index is 0.297. The number of rotatable bonds is 5. The van der Waals surface area contributed by atoms with E-state index < -0.39 is 0 Å². The molecule has 17 heavy (non-hydrogen) atoms. The van der Waals surface area contributed by atoms with Crippen molar-refractivity contribution in [3.8, 4) is 0 Å². The van der Waals surface area contributed by atoms with Gasteiger partial charge in [-0.2, -0.15) is 0 Å². The molecular weight excluding hydrogens is 296 g/mol. The zero-order valence-electron chi connectivity index (χ0n) is 9.36. The Morgan fingerprint density at radius 1 is 1.18 bits per heavy atom. The highest BCUT2D eigenvalue weighted by Crippen LogP contribution is 2.18. The molecule has 1 aromatic carbocycles. The molecule has 0 aliphatic carbocycles. The van der Waals surface area contributed by atoms with Gasteiger partial charge >= 0.3 is 0 Å². The number of carbonyl (C=O) groups excluding carboxylic acids is 1. The summed E-state index contributed by atoms with van der Waals surface area (Å²) in [4.78, 5) is 13.1. The quantitative estimate of drug-likeness (QED) is 0.807. The van der Waals surface area contributed by atoms with Crippen molar-refractivity contribution in [2.24, 2.45) is 0 Å². The Balaban J connectivity index is 1.87. The second-order valence-electron chi connectivity index (χ2n) is 3.89. The second kappa shape index (κ2) is 6.12. The molecule has 0 bridgehead atoms. The van der Waals surface area contributed by atoms with Crippen LogP contribution >= 0.6 is 27.3 Å². The second-order valence-corrected chi connectivity index (χ2v) is 5.77. The minimum Gasteiger partial charge on any atom is -0.299 e. The van der Waals surface area contributed by atoms with E-state index in [2.05, 4.69) is 22.0 Å². The van der Waals surface area contributed by atoms with Crippen LogP contribution in [0.4, 0.5) is 0 Å². The summed E-state index contributed by atoms with van der Waals surface area (Å²) in [5, 5.41) is 2.05. The van der Waals surface area contributed by atoms with E-state index in [1.807, 2.05) is 35.7 Å². The number of halogens is 1. The van der Waals surface area contributed by atoms with Crippen LogP contribution in [0.3, 0.4) is 0 Å². The van der Waals surface area contributed by atoms with E-state index in [1.54, 1.807) is 11.3 Å². The lowest BCUT2D eigenvalue weighted by Crippen LogP contribution is -2.04. The van der Waals surface area contributed by atoms with Crippen molar-refractivity contribution in [2.75, 3.05) is 0 Å². The summed E-state index contributed by atoms with van der Waals surface area (Å²) in [5.41, 5.74) is 1.07. The van der Waals surface area contributed by atoms with Crippen molar-refractivity contribution in [1.82, 2.24) is 0 Å². The van der Waals surface area contributed by atoms with Gasteiger partial charge in [-0.3, -0.25) is 4.79 Å². The molecule has 0 fully saturated rings. The molecule has 88 valence electrons. The van der Waals surface area contributed by atoms with Crippen LogP contribution in [0.15, 0.2) is 46.3 Å². The van der Waals surface area contributed by atoms with Crippen LogP contribution < -0.4 is 0 Å². The smallest absolute Gasteiger partial charge is 0.137 e. The van der Waals surface area contributed by atoms with Crippen LogP contribution in [0.25, 0.3) is 0 Å². The molecule has 2 rings (SSSR count). The van der Waals surface area contributed by atoms with Gasteiger partial charge in [0.15, 0.2) is 0 Å². The lowest BCUT2D eigenvalue weighted by atomic mass is 10.1. The van der Waals surface area contributed by atoms with Gasteiger partial charge in [-0.15, -0.1) is 11.3 Å². The first-order valence-electron chi connectivity index (χ1n) is 5.53. The van der Waals surface area contributed by atoms with E-state index in [1.165, 1.54) is 4.88 Å². The zero-order valence-corrected chi connectivity index (χ0v) is 11.8.